The number of benzene rings is 3. The molecule has 2 aliphatic heterocycles. The number of nitro groups is 1. The first kappa shape index (κ1) is 23.1. The van der Waals surface area contributed by atoms with E-state index in [0.717, 1.165) is 5.56 Å². The van der Waals surface area contributed by atoms with Crippen LogP contribution >= 0.6 is 0 Å². The first-order valence-electron chi connectivity index (χ1n) is 11.4. The number of ether oxygens (including phenoxy) is 2. The number of fused-ring (bicyclic) bond motifs is 1. The van der Waals surface area contributed by atoms with E-state index in [1.807, 2.05) is 30.3 Å². The molecule has 36 heavy (non-hydrogen) atoms. The lowest BCUT2D eigenvalue weighted by Gasteiger charge is -2.25. The quantitative estimate of drug-likeness (QED) is 0.184. The monoisotopic (exact) mass is 486 g/mol. The molecule has 1 fully saturated rings. The highest BCUT2D eigenvalue weighted by molar-refractivity contribution is 6.46. The molecular weight excluding hydrogens is 464 g/mol. The number of likely N-dealkylation sites (tertiary alicyclic amines) is 1. The average Bonchev–Trinajstić information content (AvgIpc) is 3.16. The second-order valence-corrected chi connectivity index (χ2v) is 8.44. The van der Waals surface area contributed by atoms with Gasteiger partial charge in [-0.25, -0.2) is 0 Å². The summed E-state index contributed by atoms with van der Waals surface area (Å²) in [4.78, 5) is 38.6. The predicted molar refractivity (Wildman–Crippen MR) is 130 cm³/mol. The van der Waals surface area contributed by atoms with E-state index in [1.54, 1.807) is 24.3 Å². The maximum atomic E-state index is 13.2. The molecule has 2 aliphatic rings. The fraction of sp³-hybridized carbons (Fsp3) is 0.185. The lowest BCUT2D eigenvalue weighted by molar-refractivity contribution is -0.384. The number of nitrogens with zero attached hydrogens (tertiary/aromatic N) is 2. The highest BCUT2D eigenvalue weighted by atomic mass is 16.6. The van der Waals surface area contributed by atoms with Crippen molar-refractivity contribution in [2.24, 2.45) is 0 Å². The van der Waals surface area contributed by atoms with Crippen LogP contribution in [0.2, 0.25) is 0 Å². The Labute approximate surface area is 206 Å². The van der Waals surface area contributed by atoms with Crippen LogP contribution in [0.15, 0.2) is 78.4 Å². The van der Waals surface area contributed by atoms with Crippen LogP contribution in [0.4, 0.5) is 5.69 Å². The molecule has 0 saturated carbocycles. The molecule has 0 aliphatic carbocycles. The highest BCUT2D eigenvalue weighted by Crippen LogP contribution is 2.41. The number of carbonyl (C=O) groups excluding carboxylic acids is 2. The van der Waals surface area contributed by atoms with Gasteiger partial charge in [0.05, 0.1) is 16.5 Å². The molecule has 1 saturated heterocycles. The van der Waals surface area contributed by atoms with Gasteiger partial charge < -0.3 is 19.5 Å². The van der Waals surface area contributed by atoms with Gasteiger partial charge in [0.2, 0.25) is 0 Å². The van der Waals surface area contributed by atoms with Crippen molar-refractivity contribution in [1.82, 2.24) is 4.90 Å². The van der Waals surface area contributed by atoms with E-state index in [0.29, 0.717) is 36.7 Å². The van der Waals surface area contributed by atoms with E-state index in [9.17, 15) is 24.8 Å². The molecule has 3 aromatic carbocycles. The third-order valence-corrected chi connectivity index (χ3v) is 6.24. The van der Waals surface area contributed by atoms with Crippen molar-refractivity contribution in [2.75, 3.05) is 19.8 Å². The van der Waals surface area contributed by atoms with E-state index >= 15 is 0 Å². The van der Waals surface area contributed by atoms with E-state index in [-0.39, 0.29) is 29.1 Å². The number of amides is 1. The van der Waals surface area contributed by atoms with Gasteiger partial charge in [-0.1, -0.05) is 42.5 Å². The summed E-state index contributed by atoms with van der Waals surface area (Å²) < 4.78 is 11.1. The Hall–Kier alpha value is -4.66. The summed E-state index contributed by atoms with van der Waals surface area (Å²) in [6.45, 7) is 0.923. The van der Waals surface area contributed by atoms with Crippen molar-refractivity contribution >= 4 is 23.1 Å². The van der Waals surface area contributed by atoms with Crippen molar-refractivity contribution in [1.29, 1.82) is 0 Å². The molecule has 0 bridgehead atoms. The Morgan fingerprint density at radius 2 is 1.72 bits per heavy atom. The maximum absolute atomic E-state index is 13.2. The van der Waals surface area contributed by atoms with Crippen molar-refractivity contribution < 1.29 is 29.1 Å². The zero-order valence-electron chi connectivity index (χ0n) is 19.1. The largest absolute Gasteiger partial charge is 0.507 e. The normalized spacial score (nSPS) is 18.3. The standard InChI is InChI=1S/C27H22N2O7/c30-25(19-9-10-21-22(16-19)36-14-13-35-21)23-24(18-7-4-8-20(15-18)29(33)34)28(27(32)26(23)31)12-11-17-5-2-1-3-6-17/h1-10,15-16,24,30H,11-14H2/b25-23-. The molecule has 1 atom stereocenters. The zero-order chi connectivity index (χ0) is 25.2. The molecule has 1 amide bonds. The number of Topliss-reactive ketones (excluding diaryl/α,β-unsaturated/α-hetero) is 1. The van der Waals surface area contributed by atoms with Gasteiger partial charge in [-0.2, -0.15) is 0 Å². The molecule has 0 aromatic heterocycles. The van der Waals surface area contributed by atoms with Crippen LogP contribution in [0.1, 0.15) is 22.7 Å². The number of aliphatic hydroxyl groups excluding tert-OH is 1. The van der Waals surface area contributed by atoms with Crippen LogP contribution < -0.4 is 9.47 Å². The third kappa shape index (κ3) is 4.26. The zero-order valence-corrected chi connectivity index (χ0v) is 19.1. The fourth-order valence-electron chi connectivity index (χ4n) is 4.51. The number of carbonyl (C=O) groups is 2. The summed E-state index contributed by atoms with van der Waals surface area (Å²) >= 11 is 0. The molecule has 1 N–H and O–H groups in total. The Morgan fingerprint density at radius 3 is 2.47 bits per heavy atom. The number of ketones is 1. The van der Waals surface area contributed by atoms with Crippen LogP contribution in [-0.4, -0.2) is 46.4 Å². The number of aliphatic hydroxyl groups is 1. The van der Waals surface area contributed by atoms with Crippen LogP contribution in [0.25, 0.3) is 5.76 Å². The summed E-state index contributed by atoms with van der Waals surface area (Å²) in [5, 5.41) is 22.7. The summed E-state index contributed by atoms with van der Waals surface area (Å²) in [5.74, 6) is -1.09. The van der Waals surface area contributed by atoms with Crippen molar-refractivity contribution in [2.45, 2.75) is 12.5 Å². The topological polar surface area (TPSA) is 119 Å². The molecular formula is C27H22N2O7. The lowest BCUT2D eigenvalue weighted by atomic mass is 9.94. The second-order valence-electron chi connectivity index (χ2n) is 8.44. The summed E-state index contributed by atoms with van der Waals surface area (Å²) in [5.41, 5.74) is 1.28. The Bertz CT molecular complexity index is 1380. The number of non-ortho nitro benzene ring substituents is 1. The van der Waals surface area contributed by atoms with Gasteiger partial charge in [-0.05, 0) is 35.7 Å². The molecule has 182 valence electrons. The number of nitro benzene ring substituents is 1. The van der Waals surface area contributed by atoms with Gasteiger partial charge >= 0.3 is 0 Å². The molecule has 0 radical (unpaired) electrons. The van der Waals surface area contributed by atoms with Gasteiger partial charge in [-0.15, -0.1) is 0 Å². The highest BCUT2D eigenvalue weighted by Gasteiger charge is 2.46. The van der Waals surface area contributed by atoms with E-state index < -0.39 is 22.7 Å². The van der Waals surface area contributed by atoms with E-state index in [1.165, 1.54) is 23.1 Å². The predicted octanol–water partition coefficient (Wildman–Crippen LogP) is 4.03. The van der Waals surface area contributed by atoms with Gasteiger partial charge in [0, 0.05) is 24.2 Å². The first-order valence-corrected chi connectivity index (χ1v) is 11.4. The van der Waals surface area contributed by atoms with Crippen LogP contribution in [0.5, 0.6) is 11.5 Å². The minimum atomic E-state index is -0.998. The van der Waals surface area contributed by atoms with Crippen molar-refractivity contribution in [3.05, 3.63) is 105 Å². The lowest BCUT2D eigenvalue weighted by Crippen LogP contribution is -2.31. The average molecular weight is 486 g/mol. The molecule has 3 aromatic rings. The van der Waals surface area contributed by atoms with Crippen molar-refractivity contribution in [3.63, 3.8) is 0 Å². The first-order chi connectivity index (χ1) is 17.4. The van der Waals surface area contributed by atoms with Gasteiger partial charge in [-0.3, -0.25) is 19.7 Å². The molecule has 1 unspecified atom stereocenters. The Balaban J connectivity index is 1.60. The number of hydrogen-bond donors (Lipinski definition) is 1. The van der Waals surface area contributed by atoms with E-state index in [4.69, 9.17) is 9.47 Å². The van der Waals surface area contributed by atoms with Crippen LogP contribution in [-0.2, 0) is 16.0 Å². The van der Waals surface area contributed by atoms with Gasteiger partial charge in [0.15, 0.2) is 11.5 Å². The Morgan fingerprint density at radius 1 is 0.972 bits per heavy atom. The number of hydrogen-bond acceptors (Lipinski definition) is 7. The Kier molecular flexibility index (Phi) is 6.12. The fourth-order valence-corrected chi connectivity index (χ4v) is 4.51. The molecule has 2 heterocycles. The molecule has 0 spiro atoms. The SMILES string of the molecule is O=C1C(=O)N(CCc2ccccc2)C(c2cccc([N+](=O)[O-])c2)/C1=C(/O)c1ccc2c(c1)OCCO2. The molecule has 5 rings (SSSR count). The molecule has 9 heteroatoms. The van der Waals surface area contributed by atoms with Crippen LogP contribution in [0, 0.1) is 10.1 Å². The van der Waals surface area contributed by atoms with Crippen LogP contribution in [0.3, 0.4) is 0 Å². The van der Waals surface area contributed by atoms with Gasteiger partial charge in [0.1, 0.15) is 19.0 Å². The second kappa shape index (κ2) is 9.53. The van der Waals surface area contributed by atoms with E-state index in [2.05, 4.69) is 0 Å². The molecule has 9 nitrogen and oxygen atoms in total. The van der Waals surface area contributed by atoms with Crippen molar-refractivity contribution in [3.8, 4) is 11.5 Å². The summed E-state index contributed by atoms with van der Waals surface area (Å²) in [6, 6.07) is 19.0. The minimum absolute atomic E-state index is 0.134. The number of rotatable bonds is 6. The summed E-state index contributed by atoms with van der Waals surface area (Å²) in [7, 11) is 0. The summed E-state index contributed by atoms with van der Waals surface area (Å²) in [6.07, 6.45) is 0.462. The smallest absolute Gasteiger partial charge is 0.295 e. The third-order valence-electron chi connectivity index (χ3n) is 6.24. The maximum Gasteiger partial charge on any atom is 0.295 e. The minimum Gasteiger partial charge on any atom is -0.507 e. The van der Waals surface area contributed by atoms with Gasteiger partial charge in [0.25, 0.3) is 17.4 Å².